The van der Waals surface area contributed by atoms with Crippen LogP contribution in [0, 0.1) is 19.8 Å². The van der Waals surface area contributed by atoms with Gasteiger partial charge in [0.1, 0.15) is 0 Å². The topological polar surface area (TPSA) is 39.1 Å². The number of rotatable bonds is 6. The monoisotopic (exact) mass is 279 g/mol. The second-order valence-electron chi connectivity index (χ2n) is 5.99. The van der Waals surface area contributed by atoms with Crippen molar-refractivity contribution >= 4 is 0 Å². The Bertz CT molecular complexity index is 422. The minimum atomic E-state index is 0.556. The van der Waals surface area contributed by atoms with Gasteiger partial charge in [0.25, 0.3) is 0 Å². The van der Waals surface area contributed by atoms with Crippen LogP contribution in [0.3, 0.4) is 0 Å². The molecule has 0 spiro atoms. The summed E-state index contributed by atoms with van der Waals surface area (Å²) in [6.45, 7) is 9.47. The summed E-state index contributed by atoms with van der Waals surface area (Å²) in [4.78, 5) is 0. The highest BCUT2D eigenvalue weighted by Crippen LogP contribution is 2.24. The predicted molar refractivity (Wildman–Crippen MR) is 82.0 cm³/mol. The van der Waals surface area contributed by atoms with Crippen molar-refractivity contribution in [2.24, 2.45) is 13.0 Å². The molecule has 1 aromatic rings. The Balaban J connectivity index is 2.09. The molecule has 0 radical (unpaired) electrons. The van der Waals surface area contributed by atoms with Gasteiger partial charge in [-0.25, -0.2) is 0 Å². The second kappa shape index (κ2) is 7.23. The highest BCUT2D eigenvalue weighted by Gasteiger charge is 2.25. The molecule has 4 nitrogen and oxygen atoms in total. The van der Waals surface area contributed by atoms with Crippen molar-refractivity contribution in [3.8, 4) is 0 Å². The number of hydrogen-bond donors (Lipinski definition) is 1. The lowest BCUT2D eigenvalue weighted by molar-refractivity contribution is 0.0537. The Hall–Kier alpha value is -0.870. The van der Waals surface area contributed by atoms with Gasteiger partial charge in [0.05, 0.1) is 5.69 Å². The van der Waals surface area contributed by atoms with E-state index in [9.17, 15) is 0 Å². The third-order valence-corrected chi connectivity index (χ3v) is 4.57. The highest BCUT2D eigenvalue weighted by atomic mass is 16.5. The lowest BCUT2D eigenvalue weighted by Gasteiger charge is -2.31. The molecule has 0 bridgehead atoms. The Labute approximate surface area is 122 Å². The van der Waals surface area contributed by atoms with Crippen molar-refractivity contribution in [2.75, 3.05) is 19.8 Å². The molecule has 0 aromatic carbocycles. The molecular formula is C16H29N3O. The summed E-state index contributed by atoms with van der Waals surface area (Å²) in [6.07, 6.45) is 4.64. The van der Waals surface area contributed by atoms with E-state index >= 15 is 0 Å². The minimum Gasteiger partial charge on any atom is -0.381 e. The van der Waals surface area contributed by atoms with Gasteiger partial charge in [-0.1, -0.05) is 6.92 Å². The molecule has 1 aromatic heterocycles. The molecule has 1 aliphatic heterocycles. The summed E-state index contributed by atoms with van der Waals surface area (Å²) >= 11 is 0. The van der Waals surface area contributed by atoms with Crippen LogP contribution in [0.2, 0.25) is 0 Å². The SMILES string of the molecule is CCCNC(Cc1c(C)nn(C)c1C)C1CCOCC1. The van der Waals surface area contributed by atoms with E-state index in [-0.39, 0.29) is 0 Å². The van der Waals surface area contributed by atoms with E-state index in [1.165, 1.54) is 36.2 Å². The summed E-state index contributed by atoms with van der Waals surface area (Å²) < 4.78 is 7.52. The number of nitrogens with one attached hydrogen (secondary N) is 1. The minimum absolute atomic E-state index is 0.556. The van der Waals surface area contributed by atoms with E-state index in [0.717, 1.165) is 32.1 Å². The van der Waals surface area contributed by atoms with Gasteiger partial charge < -0.3 is 10.1 Å². The zero-order valence-corrected chi connectivity index (χ0v) is 13.4. The van der Waals surface area contributed by atoms with E-state index in [1.54, 1.807) is 0 Å². The molecule has 1 N–H and O–H groups in total. The van der Waals surface area contributed by atoms with Gasteiger partial charge in [-0.05, 0) is 57.6 Å². The number of aryl methyl sites for hydroxylation is 2. The first-order valence-corrected chi connectivity index (χ1v) is 7.93. The second-order valence-corrected chi connectivity index (χ2v) is 5.99. The molecule has 2 rings (SSSR count). The van der Waals surface area contributed by atoms with Gasteiger partial charge in [0, 0.05) is 32.0 Å². The largest absolute Gasteiger partial charge is 0.381 e. The van der Waals surface area contributed by atoms with Crippen molar-refractivity contribution < 1.29 is 4.74 Å². The van der Waals surface area contributed by atoms with Crippen molar-refractivity contribution in [3.63, 3.8) is 0 Å². The average molecular weight is 279 g/mol. The number of ether oxygens (including phenoxy) is 1. The maximum Gasteiger partial charge on any atom is 0.0628 e. The van der Waals surface area contributed by atoms with Crippen LogP contribution in [-0.2, 0) is 18.2 Å². The Kier molecular flexibility index (Phi) is 5.61. The Morgan fingerprint density at radius 1 is 1.35 bits per heavy atom. The van der Waals surface area contributed by atoms with Crippen LogP contribution in [0.25, 0.3) is 0 Å². The zero-order chi connectivity index (χ0) is 14.5. The zero-order valence-electron chi connectivity index (χ0n) is 13.4. The molecule has 0 amide bonds. The first-order valence-electron chi connectivity index (χ1n) is 7.93. The van der Waals surface area contributed by atoms with E-state index in [2.05, 4.69) is 31.2 Å². The van der Waals surface area contributed by atoms with Gasteiger partial charge in [-0.3, -0.25) is 4.68 Å². The molecule has 114 valence electrons. The molecule has 1 aliphatic rings. The quantitative estimate of drug-likeness (QED) is 0.869. The molecule has 0 saturated carbocycles. The summed E-state index contributed by atoms with van der Waals surface area (Å²) in [5.74, 6) is 0.731. The third kappa shape index (κ3) is 3.61. The van der Waals surface area contributed by atoms with Crippen LogP contribution in [0.15, 0.2) is 0 Å². The Morgan fingerprint density at radius 3 is 2.60 bits per heavy atom. The molecule has 0 aliphatic carbocycles. The molecule has 20 heavy (non-hydrogen) atoms. The standard InChI is InChI=1S/C16H29N3O/c1-5-8-17-16(14-6-9-20-10-7-14)11-15-12(2)18-19(4)13(15)3/h14,16-17H,5-11H2,1-4H3. The van der Waals surface area contributed by atoms with Gasteiger partial charge in [-0.15, -0.1) is 0 Å². The molecule has 4 heteroatoms. The molecule has 1 fully saturated rings. The van der Waals surface area contributed by atoms with Gasteiger partial charge in [0.2, 0.25) is 0 Å². The van der Waals surface area contributed by atoms with Crippen LogP contribution in [0.5, 0.6) is 0 Å². The van der Waals surface area contributed by atoms with Crippen molar-refractivity contribution in [2.45, 2.75) is 52.5 Å². The first-order chi connectivity index (χ1) is 9.63. The van der Waals surface area contributed by atoms with E-state index in [4.69, 9.17) is 4.74 Å². The molecular weight excluding hydrogens is 250 g/mol. The maximum atomic E-state index is 5.51. The van der Waals surface area contributed by atoms with Gasteiger partial charge in [0.15, 0.2) is 0 Å². The number of nitrogens with zero attached hydrogens (tertiary/aromatic N) is 2. The van der Waals surface area contributed by atoms with Crippen molar-refractivity contribution in [3.05, 3.63) is 17.0 Å². The fraction of sp³-hybridized carbons (Fsp3) is 0.812. The highest BCUT2D eigenvalue weighted by molar-refractivity contribution is 5.25. The van der Waals surface area contributed by atoms with Crippen LogP contribution in [0.1, 0.15) is 43.1 Å². The number of hydrogen-bond acceptors (Lipinski definition) is 3. The summed E-state index contributed by atoms with van der Waals surface area (Å²) in [6, 6.07) is 0.556. The molecule has 1 saturated heterocycles. The summed E-state index contributed by atoms with van der Waals surface area (Å²) in [7, 11) is 2.04. The fourth-order valence-electron chi connectivity index (χ4n) is 3.19. The molecule has 1 atom stereocenters. The Morgan fingerprint density at radius 2 is 2.05 bits per heavy atom. The lowest BCUT2D eigenvalue weighted by Crippen LogP contribution is -2.41. The molecule has 1 unspecified atom stereocenters. The number of aromatic nitrogens is 2. The van der Waals surface area contributed by atoms with Crippen LogP contribution >= 0.6 is 0 Å². The normalized spacial score (nSPS) is 18.4. The maximum absolute atomic E-state index is 5.51. The van der Waals surface area contributed by atoms with Crippen molar-refractivity contribution in [1.82, 2.24) is 15.1 Å². The molecule has 2 heterocycles. The predicted octanol–water partition coefficient (Wildman–Crippen LogP) is 2.37. The average Bonchev–Trinajstić information content (AvgIpc) is 2.70. The summed E-state index contributed by atoms with van der Waals surface area (Å²) in [5.41, 5.74) is 3.91. The lowest BCUT2D eigenvalue weighted by atomic mass is 9.87. The van der Waals surface area contributed by atoms with Crippen molar-refractivity contribution in [1.29, 1.82) is 0 Å². The third-order valence-electron chi connectivity index (χ3n) is 4.57. The van der Waals surface area contributed by atoms with Crippen LogP contribution in [0.4, 0.5) is 0 Å². The van der Waals surface area contributed by atoms with Crippen LogP contribution in [-0.4, -0.2) is 35.6 Å². The van der Waals surface area contributed by atoms with Gasteiger partial charge >= 0.3 is 0 Å². The fourth-order valence-corrected chi connectivity index (χ4v) is 3.19. The smallest absolute Gasteiger partial charge is 0.0628 e. The van der Waals surface area contributed by atoms with Gasteiger partial charge in [-0.2, -0.15) is 5.10 Å². The van der Waals surface area contributed by atoms with E-state index < -0.39 is 0 Å². The first kappa shape index (κ1) is 15.5. The van der Waals surface area contributed by atoms with E-state index in [1.807, 2.05) is 11.7 Å². The van der Waals surface area contributed by atoms with Crippen LogP contribution < -0.4 is 5.32 Å². The summed E-state index contributed by atoms with van der Waals surface area (Å²) in [5, 5.41) is 8.31. The van der Waals surface area contributed by atoms with E-state index in [0.29, 0.717) is 6.04 Å².